The summed E-state index contributed by atoms with van der Waals surface area (Å²) in [5.74, 6) is -1.74. The lowest BCUT2D eigenvalue weighted by Crippen LogP contribution is -2.54. The van der Waals surface area contributed by atoms with E-state index in [-0.39, 0.29) is 45.2 Å². The number of nitrogens with one attached hydrogen (secondary N) is 1. The van der Waals surface area contributed by atoms with Gasteiger partial charge in [-0.1, -0.05) is 96.9 Å². The number of carbonyl (C=O) groups is 2. The minimum absolute atomic E-state index is 0.00538. The molecule has 2 atom stereocenters. The average molecular weight is 671 g/mol. The summed E-state index contributed by atoms with van der Waals surface area (Å²) >= 11 is 12.6. The van der Waals surface area contributed by atoms with Crippen LogP contribution < -0.4 is 9.62 Å². The third kappa shape index (κ3) is 8.63. The first-order valence-electron chi connectivity index (χ1n) is 14.4. The highest BCUT2D eigenvalue weighted by molar-refractivity contribution is 7.92. The van der Waals surface area contributed by atoms with E-state index in [0.29, 0.717) is 6.42 Å². The van der Waals surface area contributed by atoms with E-state index in [0.717, 1.165) is 9.87 Å². The number of rotatable bonds is 13. The first-order valence-corrected chi connectivity index (χ1v) is 16.6. The van der Waals surface area contributed by atoms with Crippen molar-refractivity contribution in [2.24, 2.45) is 0 Å². The van der Waals surface area contributed by atoms with Gasteiger partial charge in [0.25, 0.3) is 10.0 Å². The molecule has 11 heteroatoms. The van der Waals surface area contributed by atoms with E-state index >= 15 is 4.39 Å². The molecule has 4 aromatic carbocycles. The average Bonchev–Trinajstić information content (AvgIpc) is 3.03. The predicted octanol–water partition coefficient (Wildman–Crippen LogP) is 6.88. The van der Waals surface area contributed by atoms with Gasteiger partial charge >= 0.3 is 0 Å². The van der Waals surface area contributed by atoms with Crippen molar-refractivity contribution in [2.45, 2.75) is 50.2 Å². The summed E-state index contributed by atoms with van der Waals surface area (Å²) in [6.45, 7) is 2.75. The molecule has 0 bridgehead atoms. The molecule has 0 heterocycles. The zero-order valence-electron chi connectivity index (χ0n) is 24.9. The standard InChI is InChI=1S/C34H34Cl2FN3O4S/c1-3-24(2)38-34(42)32(20-25-12-6-4-7-13-25)39(22-26-14-10-11-17-30(26)37)33(41)23-40(31-19-18-27(35)21-29(31)36)45(43,44)28-15-8-5-9-16-28/h4-19,21,24,32H,3,20,22-23H2,1-2H3,(H,38,42). The van der Waals surface area contributed by atoms with Gasteiger partial charge in [0.1, 0.15) is 18.4 Å². The zero-order chi connectivity index (χ0) is 32.6. The Morgan fingerprint density at radius 1 is 0.889 bits per heavy atom. The number of hydrogen-bond donors (Lipinski definition) is 1. The van der Waals surface area contributed by atoms with Crippen molar-refractivity contribution in [3.63, 3.8) is 0 Å². The summed E-state index contributed by atoms with van der Waals surface area (Å²) in [5, 5.41) is 3.23. The van der Waals surface area contributed by atoms with E-state index in [4.69, 9.17) is 23.2 Å². The Kier molecular flexibility index (Phi) is 11.6. The van der Waals surface area contributed by atoms with Gasteiger partial charge in [0.2, 0.25) is 11.8 Å². The van der Waals surface area contributed by atoms with Crippen LogP contribution in [0, 0.1) is 5.82 Å². The van der Waals surface area contributed by atoms with Gasteiger partial charge in [-0.25, -0.2) is 12.8 Å². The van der Waals surface area contributed by atoms with E-state index in [1.54, 1.807) is 24.3 Å². The maximum atomic E-state index is 15.0. The molecule has 0 spiro atoms. The summed E-state index contributed by atoms with van der Waals surface area (Å²) < 4.78 is 44.0. The van der Waals surface area contributed by atoms with Crippen molar-refractivity contribution in [2.75, 3.05) is 10.8 Å². The van der Waals surface area contributed by atoms with Gasteiger partial charge in [0.15, 0.2) is 0 Å². The van der Waals surface area contributed by atoms with E-state index in [1.165, 1.54) is 53.4 Å². The molecule has 0 aliphatic carbocycles. The van der Waals surface area contributed by atoms with Gasteiger partial charge in [0, 0.05) is 29.6 Å². The quantitative estimate of drug-likeness (QED) is 0.168. The van der Waals surface area contributed by atoms with Crippen LogP contribution in [0.25, 0.3) is 0 Å². The van der Waals surface area contributed by atoms with Gasteiger partial charge in [-0.2, -0.15) is 0 Å². The van der Waals surface area contributed by atoms with E-state index in [2.05, 4.69) is 5.32 Å². The van der Waals surface area contributed by atoms with Crippen LogP contribution in [0.4, 0.5) is 10.1 Å². The van der Waals surface area contributed by atoms with Crippen LogP contribution in [0.3, 0.4) is 0 Å². The van der Waals surface area contributed by atoms with Gasteiger partial charge in [-0.15, -0.1) is 0 Å². The second-order valence-corrected chi connectivity index (χ2v) is 13.3. The van der Waals surface area contributed by atoms with Crippen molar-refractivity contribution in [1.82, 2.24) is 10.2 Å². The van der Waals surface area contributed by atoms with Gasteiger partial charge < -0.3 is 10.2 Å². The highest BCUT2D eigenvalue weighted by Gasteiger charge is 2.35. The number of hydrogen-bond acceptors (Lipinski definition) is 4. The Hall–Kier alpha value is -3.92. The molecule has 236 valence electrons. The minimum atomic E-state index is -4.34. The molecule has 4 rings (SSSR count). The zero-order valence-corrected chi connectivity index (χ0v) is 27.2. The van der Waals surface area contributed by atoms with Crippen LogP contribution in [-0.4, -0.2) is 43.8 Å². The molecule has 1 N–H and O–H groups in total. The van der Waals surface area contributed by atoms with Crippen molar-refractivity contribution in [3.05, 3.63) is 130 Å². The number of anilines is 1. The first kappa shape index (κ1) is 34.0. The highest BCUT2D eigenvalue weighted by Crippen LogP contribution is 2.33. The van der Waals surface area contributed by atoms with Crippen molar-refractivity contribution >= 4 is 50.7 Å². The molecule has 2 unspecified atom stereocenters. The molecular formula is C34H34Cl2FN3O4S. The fourth-order valence-electron chi connectivity index (χ4n) is 4.72. The molecule has 0 saturated heterocycles. The SMILES string of the molecule is CCC(C)NC(=O)C(Cc1ccccc1)N(Cc1ccccc1F)C(=O)CN(c1ccc(Cl)cc1Cl)S(=O)(=O)c1ccccc1. The second kappa shape index (κ2) is 15.4. The Balaban J connectivity index is 1.83. The maximum Gasteiger partial charge on any atom is 0.264 e. The van der Waals surface area contributed by atoms with Crippen LogP contribution in [-0.2, 0) is 32.6 Å². The molecule has 0 radical (unpaired) electrons. The number of halogens is 3. The lowest BCUT2D eigenvalue weighted by Gasteiger charge is -2.34. The Labute approximate surface area is 273 Å². The third-order valence-electron chi connectivity index (χ3n) is 7.36. The maximum absolute atomic E-state index is 15.0. The molecule has 4 aromatic rings. The molecule has 0 aliphatic heterocycles. The number of sulfonamides is 1. The molecule has 0 saturated carbocycles. The number of benzene rings is 4. The highest BCUT2D eigenvalue weighted by atomic mass is 35.5. The van der Waals surface area contributed by atoms with Gasteiger partial charge in [0.05, 0.1) is 15.6 Å². The summed E-state index contributed by atoms with van der Waals surface area (Å²) in [6.07, 6.45) is 0.750. The number of nitrogens with zero attached hydrogens (tertiary/aromatic N) is 2. The smallest absolute Gasteiger partial charge is 0.264 e. The van der Waals surface area contributed by atoms with Crippen LogP contribution in [0.5, 0.6) is 0 Å². The minimum Gasteiger partial charge on any atom is -0.352 e. The van der Waals surface area contributed by atoms with Gasteiger partial charge in [-0.3, -0.25) is 13.9 Å². The number of amides is 2. The van der Waals surface area contributed by atoms with Crippen LogP contribution in [0.2, 0.25) is 10.0 Å². The lowest BCUT2D eigenvalue weighted by molar-refractivity contribution is -0.140. The summed E-state index contributed by atoms with van der Waals surface area (Å²) in [5.41, 5.74) is 0.956. The molecule has 7 nitrogen and oxygen atoms in total. The third-order valence-corrected chi connectivity index (χ3v) is 9.67. The largest absolute Gasteiger partial charge is 0.352 e. The molecular weight excluding hydrogens is 636 g/mol. The van der Waals surface area contributed by atoms with E-state index in [9.17, 15) is 18.0 Å². The van der Waals surface area contributed by atoms with Crippen molar-refractivity contribution < 1.29 is 22.4 Å². The second-order valence-electron chi connectivity index (χ2n) is 10.6. The lowest BCUT2D eigenvalue weighted by atomic mass is 10.0. The fraction of sp³-hybridized carbons (Fsp3) is 0.235. The number of carbonyl (C=O) groups excluding carboxylic acids is 2. The summed E-state index contributed by atoms with van der Waals surface area (Å²) in [6, 6.07) is 25.7. The van der Waals surface area contributed by atoms with Crippen LogP contribution in [0.1, 0.15) is 31.4 Å². The Morgan fingerprint density at radius 3 is 2.13 bits per heavy atom. The summed E-state index contributed by atoms with van der Waals surface area (Å²) in [7, 11) is -4.34. The normalized spacial score (nSPS) is 12.6. The Bertz CT molecular complexity index is 1730. The van der Waals surface area contributed by atoms with Crippen LogP contribution >= 0.6 is 23.2 Å². The van der Waals surface area contributed by atoms with E-state index < -0.39 is 40.2 Å². The summed E-state index contributed by atoms with van der Waals surface area (Å²) in [4.78, 5) is 29.4. The molecule has 0 aromatic heterocycles. The predicted molar refractivity (Wildman–Crippen MR) is 176 cm³/mol. The Morgan fingerprint density at radius 2 is 1.51 bits per heavy atom. The van der Waals surface area contributed by atoms with Crippen LogP contribution in [0.15, 0.2) is 108 Å². The molecule has 45 heavy (non-hydrogen) atoms. The molecule has 2 amide bonds. The van der Waals surface area contributed by atoms with E-state index in [1.807, 2.05) is 44.2 Å². The topological polar surface area (TPSA) is 86.8 Å². The monoisotopic (exact) mass is 669 g/mol. The fourth-order valence-corrected chi connectivity index (χ4v) is 6.74. The molecule has 0 aliphatic rings. The molecule has 0 fully saturated rings. The van der Waals surface area contributed by atoms with Crippen molar-refractivity contribution in [1.29, 1.82) is 0 Å². The van der Waals surface area contributed by atoms with Crippen molar-refractivity contribution in [3.8, 4) is 0 Å². The van der Waals surface area contributed by atoms with Gasteiger partial charge in [-0.05, 0) is 55.3 Å². The first-order chi connectivity index (χ1) is 21.5.